The molecule has 2 aromatic rings. The molecule has 1 aromatic carbocycles. The fraction of sp³-hybridized carbons (Fsp3) is 0.385. The first-order valence-electron chi connectivity index (χ1n) is 6.05. The van der Waals surface area contributed by atoms with Crippen LogP contribution in [0.3, 0.4) is 0 Å². The summed E-state index contributed by atoms with van der Waals surface area (Å²) in [6.07, 6.45) is 2.49. The summed E-state index contributed by atoms with van der Waals surface area (Å²) < 4.78 is 10.8. The molecule has 0 amide bonds. The lowest BCUT2D eigenvalue weighted by atomic mass is 10.2. The summed E-state index contributed by atoms with van der Waals surface area (Å²) in [6, 6.07) is 8.23. The zero-order valence-corrected chi connectivity index (χ0v) is 10.2. The third-order valence-corrected chi connectivity index (χ3v) is 2.90. The number of hydrogen-bond acceptors (Lipinski definition) is 5. The van der Waals surface area contributed by atoms with Gasteiger partial charge in [0.25, 0.3) is 0 Å². The maximum absolute atomic E-state index is 5.61. The van der Waals surface area contributed by atoms with Crippen molar-refractivity contribution in [2.24, 2.45) is 0 Å². The molecule has 0 radical (unpaired) electrons. The number of nitrogens with one attached hydrogen (secondary N) is 1. The van der Waals surface area contributed by atoms with Crippen LogP contribution in [0.5, 0.6) is 5.75 Å². The molecule has 3 rings (SSSR count). The summed E-state index contributed by atoms with van der Waals surface area (Å²) in [4.78, 5) is 0. The maximum Gasteiger partial charge on any atom is 0.247 e. The fourth-order valence-corrected chi connectivity index (χ4v) is 1.72. The zero-order chi connectivity index (χ0) is 12.4. The number of methoxy groups -OCH3 is 1. The molecule has 94 valence electrons. The van der Waals surface area contributed by atoms with Crippen LogP contribution in [0.15, 0.2) is 28.7 Å². The second-order valence-electron chi connectivity index (χ2n) is 4.39. The van der Waals surface area contributed by atoms with Gasteiger partial charge in [-0.25, -0.2) is 0 Å². The van der Waals surface area contributed by atoms with Crippen LogP contribution in [0.25, 0.3) is 11.5 Å². The summed E-state index contributed by atoms with van der Waals surface area (Å²) in [5.74, 6) is 1.93. The minimum Gasteiger partial charge on any atom is -0.497 e. The molecule has 0 aliphatic heterocycles. The number of rotatable bonds is 5. The molecule has 1 aliphatic rings. The highest BCUT2D eigenvalue weighted by atomic mass is 16.5. The van der Waals surface area contributed by atoms with E-state index in [9.17, 15) is 0 Å². The van der Waals surface area contributed by atoms with Gasteiger partial charge in [-0.2, -0.15) is 0 Å². The van der Waals surface area contributed by atoms with E-state index >= 15 is 0 Å². The Bertz CT molecular complexity index is 535. The van der Waals surface area contributed by atoms with Crippen molar-refractivity contribution in [3.8, 4) is 17.2 Å². The average Bonchev–Trinajstić information content (AvgIpc) is 3.13. The van der Waals surface area contributed by atoms with Crippen molar-refractivity contribution < 1.29 is 9.15 Å². The molecule has 5 nitrogen and oxygen atoms in total. The predicted octanol–water partition coefficient (Wildman–Crippen LogP) is 2.00. The maximum atomic E-state index is 5.61. The van der Waals surface area contributed by atoms with E-state index in [0.717, 1.165) is 11.3 Å². The molecule has 18 heavy (non-hydrogen) atoms. The lowest BCUT2D eigenvalue weighted by molar-refractivity contribution is 0.414. The van der Waals surface area contributed by atoms with Gasteiger partial charge in [0.2, 0.25) is 11.8 Å². The van der Waals surface area contributed by atoms with Crippen LogP contribution in [0.4, 0.5) is 0 Å². The number of hydrogen-bond donors (Lipinski definition) is 1. The van der Waals surface area contributed by atoms with Gasteiger partial charge in [0.1, 0.15) is 5.75 Å². The first-order chi connectivity index (χ1) is 8.85. The minimum atomic E-state index is 0.529. The molecular weight excluding hydrogens is 230 g/mol. The van der Waals surface area contributed by atoms with E-state index in [0.29, 0.717) is 24.4 Å². The number of aromatic nitrogens is 2. The molecule has 5 heteroatoms. The Balaban J connectivity index is 1.74. The summed E-state index contributed by atoms with van der Waals surface area (Å²) >= 11 is 0. The zero-order valence-electron chi connectivity index (χ0n) is 10.2. The molecule has 0 unspecified atom stereocenters. The van der Waals surface area contributed by atoms with Gasteiger partial charge in [-0.3, -0.25) is 0 Å². The largest absolute Gasteiger partial charge is 0.497 e. The third kappa shape index (κ3) is 2.51. The summed E-state index contributed by atoms with van der Waals surface area (Å²) in [7, 11) is 1.64. The normalized spacial score (nSPS) is 14.7. The van der Waals surface area contributed by atoms with E-state index in [1.807, 2.05) is 24.3 Å². The predicted molar refractivity (Wildman–Crippen MR) is 66.1 cm³/mol. The quantitative estimate of drug-likeness (QED) is 0.873. The van der Waals surface area contributed by atoms with Gasteiger partial charge in [0.15, 0.2) is 0 Å². The fourth-order valence-electron chi connectivity index (χ4n) is 1.72. The molecule has 1 fully saturated rings. The first-order valence-corrected chi connectivity index (χ1v) is 6.05. The van der Waals surface area contributed by atoms with Crippen LogP contribution in [-0.2, 0) is 6.54 Å². The van der Waals surface area contributed by atoms with Crippen LogP contribution < -0.4 is 10.1 Å². The lowest BCUT2D eigenvalue weighted by Crippen LogP contribution is -2.15. The van der Waals surface area contributed by atoms with Crippen molar-refractivity contribution in [2.45, 2.75) is 25.4 Å². The Morgan fingerprint density at radius 3 is 3.06 bits per heavy atom. The van der Waals surface area contributed by atoms with Gasteiger partial charge in [-0.05, 0) is 31.0 Å². The van der Waals surface area contributed by atoms with E-state index in [4.69, 9.17) is 9.15 Å². The van der Waals surface area contributed by atoms with Crippen LogP contribution in [0.2, 0.25) is 0 Å². The summed E-state index contributed by atoms with van der Waals surface area (Å²) in [5, 5.41) is 11.4. The molecule has 0 saturated heterocycles. The number of benzene rings is 1. The Labute approximate surface area is 105 Å². The van der Waals surface area contributed by atoms with Crippen LogP contribution in [0.1, 0.15) is 18.7 Å². The third-order valence-electron chi connectivity index (χ3n) is 2.90. The standard InChI is InChI=1S/C13H15N3O2/c1-17-11-4-2-3-9(7-11)13-16-15-12(18-13)8-14-10-5-6-10/h2-4,7,10,14H,5-6,8H2,1H3. The molecule has 1 saturated carbocycles. The number of nitrogens with zero attached hydrogens (tertiary/aromatic N) is 2. The Morgan fingerprint density at radius 2 is 2.28 bits per heavy atom. The second kappa shape index (κ2) is 4.78. The SMILES string of the molecule is COc1cccc(-c2nnc(CNC3CC3)o2)c1. The summed E-state index contributed by atoms with van der Waals surface area (Å²) in [6.45, 7) is 0.641. The highest BCUT2D eigenvalue weighted by Crippen LogP contribution is 2.23. The van der Waals surface area contributed by atoms with Crippen molar-refractivity contribution in [1.29, 1.82) is 0 Å². The van der Waals surface area contributed by atoms with E-state index in [1.54, 1.807) is 7.11 Å². The Hall–Kier alpha value is -1.88. The van der Waals surface area contributed by atoms with Crippen molar-refractivity contribution in [3.63, 3.8) is 0 Å². The molecule has 0 bridgehead atoms. The monoisotopic (exact) mass is 245 g/mol. The highest BCUT2D eigenvalue weighted by Gasteiger charge is 2.21. The van der Waals surface area contributed by atoms with Gasteiger partial charge in [0, 0.05) is 11.6 Å². The van der Waals surface area contributed by atoms with Crippen molar-refractivity contribution in [3.05, 3.63) is 30.2 Å². The summed E-state index contributed by atoms with van der Waals surface area (Å²) in [5.41, 5.74) is 0.875. The van der Waals surface area contributed by atoms with Crippen LogP contribution in [0, 0.1) is 0 Å². The second-order valence-corrected chi connectivity index (χ2v) is 4.39. The van der Waals surface area contributed by atoms with Crippen LogP contribution >= 0.6 is 0 Å². The van der Waals surface area contributed by atoms with Crippen molar-refractivity contribution in [2.75, 3.05) is 7.11 Å². The van der Waals surface area contributed by atoms with E-state index < -0.39 is 0 Å². The Kier molecular flexibility index (Phi) is 2.98. The molecule has 0 spiro atoms. The van der Waals surface area contributed by atoms with Gasteiger partial charge in [0.05, 0.1) is 13.7 Å². The molecule has 1 aliphatic carbocycles. The number of ether oxygens (including phenoxy) is 1. The van der Waals surface area contributed by atoms with Gasteiger partial charge < -0.3 is 14.5 Å². The molecule has 1 aromatic heterocycles. The molecular formula is C13H15N3O2. The van der Waals surface area contributed by atoms with Gasteiger partial charge in [-0.1, -0.05) is 6.07 Å². The highest BCUT2D eigenvalue weighted by molar-refractivity contribution is 5.55. The van der Waals surface area contributed by atoms with Crippen molar-refractivity contribution >= 4 is 0 Å². The van der Waals surface area contributed by atoms with Crippen LogP contribution in [-0.4, -0.2) is 23.3 Å². The molecule has 1 heterocycles. The van der Waals surface area contributed by atoms with E-state index in [1.165, 1.54) is 12.8 Å². The van der Waals surface area contributed by atoms with E-state index in [2.05, 4.69) is 15.5 Å². The smallest absolute Gasteiger partial charge is 0.247 e. The Morgan fingerprint density at radius 1 is 1.39 bits per heavy atom. The first kappa shape index (κ1) is 11.2. The van der Waals surface area contributed by atoms with E-state index in [-0.39, 0.29) is 0 Å². The average molecular weight is 245 g/mol. The molecule has 0 atom stereocenters. The molecule has 1 N–H and O–H groups in total. The van der Waals surface area contributed by atoms with Crippen molar-refractivity contribution in [1.82, 2.24) is 15.5 Å². The van der Waals surface area contributed by atoms with Gasteiger partial charge >= 0.3 is 0 Å². The van der Waals surface area contributed by atoms with Gasteiger partial charge in [-0.15, -0.1) is 10.2 Å². The topological polar surface area (TPSA) is 60.2 Å². The lowest BCUT2D eigenvalue weighted by Gasteiger charge is -2.00. The minimum absolute atomic E-state index is 0.529.